The van der Waals surface area contributed by atoms with Crippen LogP contribution in [0.25, 0.3) is 0 Å². The van der Waals surface area contributed by atoms with E-state index in [-0.39, 0.29) is 12.2 Å². The molecule has 0 aromatic heterocycles. The van der Waals surface area contributed by atoms with Crippen molar-refractivity contribution in [3.05, 3.63) is 0 Å². The fourth-order valence-electron chi connectivity index (χ4n) is 2.24. The van der Waals surface area contributed by atoms with Crippen molar-refractivity contribution in [1.82, 2.24) is 16.0 Å². The highest BCUT2D eigenvalue weighted by molar-refractivity contribution is 7.80. The average Bonchev–Trinajstić information content (AvgIpc) is 2.69. The molecule has 13 nitrogen and oxygen atoms in total. The number of rotatable bonds is 15. The summed E-state index contributed by atoms with van der Waals surface area (Å²) in [5.41, 5.74) is 10.8. The van der Waals surface area contributed by atoms with E-state index in [9.17, 15) is 24.0 Å². The van der Waals surface area contributed by atoms with Crippen molar-refractivity contribution in [3.63, 3.8) is 0 Å². The predicted molar refractivity (Wildman–Crippen MR) is 108 cm³/mol. The molecule has 0 fully saturated rings. The van der Waals surface area contributed by atoms with Crippen LogP contribution in [0.2, 0.25) is 0 Å². The third-order valence-electron chi connectivity index (χ3n) is 3.92. The highest BCUT2D eigenvalue weighted by Gasteiger charge is 2.31. The molecular formula is C16H29N5O8S. The Hall–Kier alpha value is -2.42. The molecule has 0 bridgehead atoms. The van der Waals surface area contributed by atoms with Gasteiger partial charge in [-0.1, -0.05) is 0 Å². The molecule has 0 radical (unpaired) electrons. The molecule has 0 saturated carbocycles. The maximum Gasteiger partial charge on any atom is 0.327 e. The van der Waals surface area contributed by atoms with Crippen LogP contribution in [0, 0.1) is 0 Å². The molecule has 10 N–H and O–H groups in total. The topological polar surface area (TPSA) is 234 Å². The lowest BCUT2D eigenvalue weighted by atomic mass is 10.1. The summed E-state index contributed by atoms with van der Waals surface area (Å²) < 4.78 is 0. The number of carboxylic acid groups (broad SMARTS) is 2. The van der Waals surface area contributed by atoms with Gasteiger partial charge in [0.15, 0.2) is 0 Å². The van der Waals surface area contributed by atoms with Crippen molar-refractivity contribution in [1.29, 1.82) is 0 Å². The van der Waals surface area contributed by atoms with Gasteiger partial charge >= 0.3 is 11.9 Å². The molecule has 3 amide bonds. The van der Waals surface area contributed by atoms with Crippen LogP contribution >= 0.6 is 12.6 Å². The van der Waals surface area contributed by atoms with Gasteiger partial charge in [-0.25, -0.2) is 4.79 Å². The van der Waals surface area contributed by atoms with E-state index in [1.165, 1.54) is 0 Å². The quantitative estimate of drug-likeness (QED) is 0.0875. The minimum Gasteiger partial charge on any atom is -0.481 e. The van der Waals surface area contributed by atoms with Crippen LogP contribution in [0.1, 0.15) is 25.7 Å². The Morgan fingerprint density at radius 2 is 1.40 bits per heavy atom. The Labute approximate surface area is 178 Å². The van der Waals surface area contributed by atoms with Crippen molar-refractivity contribution < 1.29 is 39.3 Å². The summed E-state index contributed by atoms with van der Waals surface area (Å²) in [6, 6.07) is -5.45. The van der Waals surface area contributed by atoms with Crippen LogP contribution < -0.4 is 27.4 Å². The molecule has 30 heavy (non-hydrogen) atoms. The number of carbonyl (C=O) groups is 5. The van der Waals surface area contributed by atoms with Crippen molar-refractivity contribution in [2.24, 2.45) is 11.5 Å². The third-order valence-corrected chi connectivity index (χ3v) is 4.29. The molecule has 14 heteroatoms. The molecule has 0 saturated heterocycles. The first-order chi connectivity index (χ1) is 14.1. The van der Waals surface area contributed by atoms with Crippen molar-refractivity contribution >= 4 is 42.3 Å². The van der Waals surface area contributed by atoms with Crippen LogP contribution in [0.15, 0.2) is 0 Å². The summed E-state index contributed by atoms with van der Waals surface area (Å²) in [5, 5.41) is 33.6. The lowest BCUT2D eigenvalue weighted by Gasteiger charge is -2.24. The minimum absolute atomic E-state index is 0.114. The van der Waals surface area contributed by atoms with Gasteiger partial charge in [-0.3, -0.25) is 19.2 Å². The van der Waals surface area contributed by atoms with Crippen LogP contribution in [-0.2, 0) is 24.0 Å². The number of nitrogens with one attached hydrogen (secondary N) is 3. The number of aliphatic hydroxyl groups is 1. The summed E-state index contributed by atoms with van der Waals surface area (Å²) in [6.07, 6.45) is 0.256. The van der Waals surface area contributed by atoms with Crippen molar-refractivity contribution in [2.75, 3.05) is 18.9 Å². The fourth-order valence-corrected chi connectivity index (χ4v) is 2.48. The molecule has 0 heterocycles. The lowest BCUT2D eigenvalue weighted by Crippen LogP contribution is -2.58. The maximum atomic E-state index is 12.6. The van der Waals surface area contributed by atoms with Gasteiger partial charge in [0, 0.05) is 5.75 Å². The van der Waals surface area contributed by atoms with Gasteiger partial charge in [0.25, 0.3) is 0 Å². The van der Waals surface area contributed by atoms with E-state index in [0.29, 0.717) is 19.4 Å². The number of carbonyl (C=O) groups excluding carboxylic acids is 3. The molecular weight excluding hydrogens is 422 g/mol. The molecule has 172 valence electrons. The summed E-state index contributed by atoms with van der Waals surface area (Å²) in [6.45, 7) is -0.323. The highest BCUT2D eigenvalue weighted by Crippen LogP contribution is 2.04. The Kier molecular flexibility index (Phi) is 13.4. The Balaban J connectivity index is 5.37. The SMILES string of the molecule is NCCCCC(NC(=O)C(N)CO)C(=O)NC(CC(=O)O)C(=O)NC(CS)C(=O)O. The Morgan fingerprint density at radius 1 is 0.867 bits per heavy atom. The number of nitrogens with two attached hydrogens (primary N) is 2. The van der Waals surface area contributed by atoms with E-state index in [0.717, 1.165) is 0 Å². The molecule has 0 spiro atoms. The maximum absolute atomic E-state index is 12.6. The zero-order chi connectivity index (χ0) is 23.3. The van der Waals surface area contributed by atoms with Crippen LogP contribution in [-0.4, -0.2) is 88.1 Å². The number of aliphatic carboxylic acids is 2. The first-order valence-electron chi connectivity index (χ1n) is 9.10. The largest absolute Gasteiger partial charge is 0.481 e. The van der Waals surface area contributed by atoms with Crippen molar-refractivity contribution in [2.45, 2.75) is 49.9 Å². The first-order valence-corrected chi connectivity index (χ1v) is 9.73. The smallest absolute Gasteiger partial charge is 0.327 e. The van der Waals surface area contributed by atoms with Gasteiger partial charge in [-0.2, -0.15) is 12.6 Å². The predicted octanol–water partition coefficient (Wildman–Crippen LogP) is -3.62. The zero-order valence-corrected chi connectivity index (χ0v) is 17.1. The summed E-state index contributed by atoms with van der Waals surface area (Å²) in [5.74, 6) is -5.78. The van der Waals surface area contributed by atoms with Gasteiger partial charge in [0.1, 0.15) is 24.2 Å². The molecule has 4 unspecified atom stereocenters. The Morgan fingerprint density at radius 3 is 1.87 bits per heavy atom. The Bertz CT molecular complexity index is 620. The van der Waals surface area contributed by atoms with Crippen molar-refractivity contribution in [3.8, 4) is 0 Å². The molecule has 0 aromatic carbocycles. The van der Waals surface area contributed by atoms with Gasteiger partial charge in [-0.15, -0.1) is 0 Å². The molecule has 0 aliphatic carbocycles. The second-order valence-electron chi connectivity index (χ2n) is 6.38. The van der Waals surface area contributed by atoms with E-state index in [4.69, 9.17) is 26.8 Å². The monoisotopic (exact) mass is 451 g/mol. The summed E-state index contributed by atoms with van der Waals surface area (Å²) in [4.78, 5) is 59.0. The van der Waals surface area contributed by atoms with E-state index in [1.54, 1.807) is 0 Å². The second-order valence-corrected chi connectivity index (χ2v) is 6.74. The van der Waals surface area contributed by atoms with E-state index in [1.807, 2.05) is 0 Å². The number of aliphatic hydroxyl groups excluding tert-OH is 1. The molecule has 0 rings (SSSR count). The minimum atomic E-state index is -1.60. The number of amides is 3. The van der Waals surface area contributed by atoms with Crippen LogP contribution in [0.4, 0.5) is 0 Å². The lowest BCUT2D eigenvalue weighted by molar-refractivity contribution is -0.143. The summed E-state index contributed by atoms with van der Waals surface area (Å²) in [7, 11) is 0. The first kappa shape index (κ1) is 27.6. The number of thiol groups is 1. The van der Waals surface area contributed by atoms with E-state index in [2.05, 4.69) is 28.6 Å². The molecule has 0 aliphatic heterocycles. The van der Waals surface area contributed by atoms with Gasteiger partial charge in [-0.05, 0) is 25.8 Å². The van der Waals surface area contributed by atoms with E-state index >= 15 is 0 Å². The molecule has 4 atom stereocenters. The van der Waals surface area contributed by atoms with Gasteiger partial charge in [0.2, 0.25) is 17.7 Å². The molecule has 0 aromatic rings. The number of hydrogen-bond donors (Lipinski definition) is 9. The molecule has 0 aliphatic rings. The zero-order valence-electron chi connectivity index (χ0n) is 16.2. The van der Waals surface area contributed by atoms with Gasteiger partial charge < -0.3 is 42.7 Å². The van der Waals surface area contributed by atoms with Crippen LogP contribution in [0.3, 0.4) is 0 Å². The van der Waals surface area contributed by atoms with E-state index < -0.39 is 66.9 Å². The average molecular weight is 452 g/mol. The van der Waals surface area contributed by atoms with Gasteiger partial charge in [0.05, 0.1) is 13.0 Å². The number of unbranched alkanes of at least 4 members (excludes halogenated alkanes) is 1. The third kappa shape index (κ3) is 10.4. The normalized spacial score (nSPS) is 14.7. The summed E-state index contributed by atoms with van der Waals surface area (Å²) >= 11 is 3.79. The number of hydrogen-bond acceptors (Lipinski definition) is 9. The number of carboxylic acids is 2. The fraction of sp³-hybridized carbons (Fsp3) is 0.688. The highest BCUT2D eigenvalue weighted by atomic mass is 32.1. The van der Waals surface area contributed by atoms with Crippen LogP contribution in [0.5, 0.6) is 0 Å². The standard InChI is InChI=1S/C16H29N5O8S/c17-4-2-1-3-9(19-13(25)8(18)6-22)14(26)20-10(5-12(23)24)15(27)21-11(7-30)16(28)29/h8-11,22,30H,1-7,17-18H2,(H,19,25)(H,20,26)(H,21,27)(H,23,24)(H,28,29). The second kappa shape index (κ2) is 14.5.